The predicted molar refractivity (Wildman–Crippen MR) is 77.2 cm³/mol. The van der Waals surface area contributed by atoms with Gasteiger partial charge in [-0.25, -0.2) is 0 Å². The van der Waals surface area contributed by atoms with E-state index in [9.17, 15) is 9.59 Å². The highest BCUT2D eigenvalue weighted by molar-refractivity contribution is 5.79. The molecule has 0 unspecified atom stereocenters. The van der Waals surface area contributed by atoms with Gasteiger partial charge in [-0.2, -0.15) is 0 Å². The number of amides is 2. The molecule has 0 saturated carbocycles. The van der Waals surface area contributed by atoms with Gasteiger partial charge < -0.3 is 20.0 Å². The zero-order chi connectivity index (χ0) is 15.1. The maximum absolute atomic E-state index is 11.9. The third-order valence-corrected chi connectivity index (χ3v) is 3.75. The normalized spacial score (nSPS) is 16.2. The molecule has 1 saturated heterocycles. The van der Waals surface area contributed by atoms with E-state index in [2.05, 4.69) is 5.32 Å². The molecule has 1 aromatic heterocycles. The summed E-state index contributed by atoms with van der Waals surface area (Å²) in [6, 6.07) is 3.51. The molecule has 1 fully saturated rings. The molecule has 0 bridgehead atoms. The van der Waals surface area contributed by atoms with Crippen LogP contribution >= 0.6 is 0 Å². The van der Waals surface area contributed by atoms with Gasteiger partial charge in [0, 0.05) is 25.9 Å². The Bertz CT molecular complexity index is 459. The summed E-state index contributed by atoms with van der Waals surface area (Å²) >= 11 is 0. The number of nitrogens with zero attached hydrogens (tertiary/aromatic N) is 1. The third kappa shape index (κ3) is 4.90. The second kappa shape index (κ2) is 7.83. The Hall–Kier alpha value is -1.82. The SMILES string of the molecule is C[C@H]([NH2+]CCCN1CCCC1=O)C(=O)NCc1ccco1. The van der Waals surface area contributed by atoms with Gasteiger partial charge in [0.25, 0.3) is 5.91 Å². The van der Waals surface area contributed by atoms with E-state index in [1.807, 2.05) is 23.2 Å². The Kier molecular flexibility index (Phi) is 5.80. The molecule has 6 nitrogen and oxygen atoms in total. The highest BCUT2D eigenvalue weighted by Crippen LogP contribution is 2.08. The van der Waals surface area contributed by atoms with Crippen molar-refractivity contribution in [1.82, 2.24) is 10.2 Å². The van der Waals surface area contributed by atoms with E-state index in [0.29, 0.717) is 13.0 Å². The van der Waals surface area contributed by atoms with Gasteiger partial charge >= 0.3 is 0 Å². The summed E-state index contributed by atoms with van der Waals surface area (Å²) in [7, 11) is 0. The average Bonchev–Trinajstić information content (AvgIpc) is 3.12. The predicted octanol–water partition coefficient (Wildman–Crippen LogP) is -0.140. The molecule has 2 rings (SSSR count). The van der Waals surface area contributed by atoms with Crippen molar-refractivity contribution in [3.8, 4) is 0 Å². The molecule has 0 aliphatic carbocycles. The Labute approximate surface area is 124 Å². The summed E-state index contributed by atoms with van der Waals surface area (Å²) < 4.78 is 5.17. The fraction of sp³-hybridized carbons (Fsp3) is 0.600. The van der Waals surface area contributed by atoms with Gasteiger partial charge in [0.2, 0.25) is 5.91 Å². The lowest BCUT2D eigenvalue weighted by Crippen LogP contribution is -2.92. The molecule has 0 radical (unpaired) electrons. The molecule has 1 aliphatic heterocycles. The zero-order valence-corrected chi connectivity index (χ0v) is 12.5. The zero-order valence-electron chi connectivity index (χ0n) is 12.5. The summed E-state index contributed by atoms with van der Waals surface area (Å²) in [5, 5.41) is 4.86. The fourth-order valence-corrected chi connectivity index (χ4v) is 2.45. The molecular weight excluding hydrogens is 270 g/mol. The summed E-state index contributed by atoms with van der Waals surface area (Å²) in [6.07, 6.45) is 4.18. The number of carbonyl (C=O) groups excluding carboxylic acids is 2. The molecule has 2 heterocycles. The summed E-state index contributed by atoms with van der Waals surface area (Å²) in [6.45, 7) is 4.85. The maximum atomic E-state index is 11.9. The van der Waals surface area contributed by atoms with Crippen LogP contribution < -0.4 is 10.6 Å². The van der Waals surface area contributed by atoms with Gasteiger partial charge in [0.15, 0.2) is 6.04 Å². The Balaban J connectivity index is 1.56. The molecule has 0 spiro atoms. The van der Waals surface area contributed by atoms with Crippen molar-refractivity contribution in [1.29, 1.82) is 0 Å². The highest BCUT2D eigenvalue weighted by Gasteiger charge is 2.20. The van der Waals surface area contributed by atoms with E-state index in [1.54, 1.807) is 12.3 Å². The van der Waals surface area contributed by atoms with Gasteiger partial charge in [-0.05, 0) is 25.5 Å². The van der Waals surface area contributed by atoms with Crippen molar-refractivity contribution in [3.63, 3.8) is 0 Å². The van der Waals surface area contributed by atoms with Crippen molar-refractivity contribution in [2.45, 2.75) is 38.8 Å². The monoisotopic (exact) mass is 294 g/mol. The first-order valence-corrected chi connectivity index (χ1v) is 7.58. The van der Waals surface area contributed by atoms with Crippen LogP contribution in [-0.4, -0.2) is 42.4 Å². The van der Waals surface area contributed by atoms with Crippen LogP contribution in [0.5, 0.6) is 0 Å². The van der Waals surface area contributed by atoms with Gasteiger partial charge in [-0.1, -0.05) is 0 Å². The van der Waals surface area contributed by atoms with Crippen LogP contribution in [0.4, 0.5) is 0 Å². The van der Waals surface area contributed by atoms with Crippen molar-refractivity contribution in [3.05, 3.63) is 24.2 Å². The van der Waals surface area contributed by atoms with Crippen LogP contribution in [0.3, 0.4) is 0 Å². The first kappa shape index (κ1) is 15.6. The number of hydrogen-bond donors (Lipinski definition) is 2. The maximum Gasteiger partial charge on any atom is 0.278 e. The quantitative estimate of drug-likeness (QED) is 0.655. The van der Waals surface area contributed by atoms with Gasteiger partial charge in [0.05, 0.1) is 19.4 Å². The van der Waals surface area contributed by atoms with Crippen molar-refractivity contribution in [2.75, 3.05) is 19.6 Å². The minimum absolute atomic E-state index is 0.00338. The van der Waals surface area contributed by atoms with E-state index >= 15 is 0 Å². The number of nitrogens with two attached hydrogens (primary N) is 1. The Morgan fingerprint density at radius 2 is 2.43 bits per heavy atom. The van der Waals surface area contributed by atoms with E-state index in [1.165, 1.54) is 0 Å². The molecule has 6 heteroatoms. The molecular formula is C15H24N3O3+. The van der Waals surface area contributed by atoms with Crippen molar-refractivity contribution < 1.29 is 19.3 Å². The highest BCUT2D eigenvalue weighted by atomic mass is 16.3. The second-order valence-electron chi connectivity index (χ2n) is 5.45. The lowest BCUT2D eigenvalue weighted by atomic mass is 10.3. The van der Waals surface area contributed by atoms with E-state index in [0.717, 1.165) is 38.2 Å². The van der Waals surface area contributed by atoms with Crippen LogP contribution in [0.25, 0.3) is 0 Å². The van der Waals surface area contributed by atoms with Crippen molar-refractivity contribution >= 4 is 11.8 Å². The van der Waals surface area contributed by atoms with E-state index in [-0.39, 0.29) is 17.9 Å². The number of furan rings is 1. The fourth-order valence-electron chi connectivity index (χ4n) is 2.45. The van der Waals surface area contributed by atoms with Gasteiger partial charge in [-0.3, -0.25) is 9.59 Å². The van der Waals surface area contributed by atoms with Crippen LogP contribution in [0, 0.1) is 0 Å². The Morgan fingerprint density at radius 3 is 3.10 bits per heavy atom. The van der Waals surface area contributed by atoms with E-state index < -0.39 is 0 Å². The minimum atomic E-state index is -0.130. The molecule has 2 amide bonds. The largest absolute Gasteiger partial charge is 0.467 e. The van der Waals surface area contributed by atoms with Crippen LogP contribution in [0.15, 0.2) is 22.8 Å². The molecule has 3 N–H and O–H groups in total. The molecule has 1 atom stereocenters. The molecule has 116 valence electrons. The molecule has 21 heavy (non-hydrogen) atoms. The lowest BCUT2D eigenvalue weighted by molar-refractivity contribution is -0.673. The topological polar surface area (TPSA) is 79.2 Å². The number of likely N-dealkylation sites (tertiary alicyclic amines) is 1. The lowest BCUT2D eigenvalue weighted by Gasteiger charge is -2.15. The van der Waals surface area contributed by atoms with Crippen molar-refractivity contribution in [2.24, 2.45) is 0 Å². The summed E-state index contributed by atoms with van der Waals surface area (Å²) in [4.78, 5) is 25.3. The number of quaternary nitrogens is 1. The van der Waals surface area contributed by atoms with Crippen LogP contribution in [0.2, 0.25) is 0 Å². The average molecular weight is 294 g/mol. The molecule has 1 aliphatic rings. The smallest absolute Gasteiger partial charge is 0.278 e. The minimum Gasteiger partial charge on any atom is -0.467 e. The summed E-state index contributed by atoms with van der Waals surface area (Å²) in [5.41, 5.74) is 0. The first-order valence-electron chi connectivity index (χ1n) is 7.58. The van der Waals surface area contributed by atoms with Crippen LogP contribution in [0.1, 0.15) is 31.9 Å². The molecule has 1 aromatic rings. The standard InChI is InChI=1S/C15H23N3O3/c1-12(15(20)17-11-13-5-3-10-21-13)16-7-4-9-18-8-2-6-14(18)19/h3,5,10,12,16H,2,4,6-9,11H2,1H3,(H,17,20)/p+1/t12-/m0/s1. The van der Waals surface area contributed by atoms with Crippen LogP contribution in [-0.2, 0) is 16.1 Å². The molecule has 0 aromatic carbocycles. The third-order valence-electron chi connectivity index (χ3n) is 3.75. The first-order chi connectivity index (χ1) is 10.2. The van der Waals surface area contributed by atoms with Gasteiger partial charge in [0.1, 0.15) is 5.76 Å². The number of hydrogen-bond acceptors (Lipinski definition) is 3. The summed E-state index contributed by atoms with van der Waals surface area (Å²) in [5.74, 6) is 1.02. The number of rotatable bonds is 8. The Morgan fingerprint density at radius 1 is 1.57 bits per heavy atom. The van der Waals surface area contributed by atoms with E-state index in [4.69, 9.17) is 4.42 Å². The second-order valence-corrected chi connectivity index (χ2v) is 5.45. The number of nitrogens with one attached hydrogen (secondary N) is 1. The number of carbonyl (C=O) groups is 2. The van der Waals surface area contributed by atoms with Gasteiger partial charge in [-0.15, -0.1) is 0 Å².